The van der Waals surface area contributed by atoms with Crippen LogP contribution in [0.4, 0.5) is 5.69 Å². The van der Waals surface area contributed by atoms with Crippen molar-refractivity contribution in [2.75, 3.05) is 5.73 Å². The molecule has 3 rings (SSSR count). The molecule has 98 valence electrons. The monoisotopic (exact) mass is 253 g/mol. The molecule has 0 amide bonds. The minimum absolute atomic E-state index is 0.854. The van der Waals surface area contributed by atoms with Crippen LogP contribution >= 0.6 is 0 Å². The number of rotatable bonds is 3. The summed E-state index contributed by atoms with van der Waals surface area (Å²) in [5, 5.41) is 0. The van der Waals surface area contributed by atoms with E-state index >= 15 is 0 Å². The van der Waals surface area contributed by atoms with Crippen LogP contribution in [0.25, 0.3) is 0 Å². The predicted octanol–water partition coefficient (Wildman–Crippen LogP) is 2.74. The van der Waals surface area contributed by atoms with Crippen LogP contribution in [0.3, 0.4) is 0 Å². The van der Waals surface area contributed by atoms with E-state index in [2.05, 4.69) is 35.0 Å². The number of anilines is 1. The maximum absolute atomic E-state index is 5.84. The van der Waals surface area contributed by atoms with E-state index in [-0.39, 0.29) is 0 Å². The Kier molecular flexibility index (Phi) is 3.22. The molecule has 0 radical (unpaired) electrons. The Bertz CT molecular complexity index is 592. The summed E-state index contributed by atoms with van der Waals surface area (Å²) in [6, 6.07) is 10.4. The molecular formula is C16H19N3. The van der Waals surface area contributed by atoms with Crippen LogP contribution in [0.2, 0.25) is 0 Å². The van der Waals surface area contributed by atoms with Crippen molar-refractivity contribution >= 4 is 5.69 Å². The second kappa shape index (κ2) is 5.02. The molecule has 0 spiro atoms. The zero-order chi connectivity index (χ0) is 13.2. The van der Waals surface area contributed by atoms with Crippen molar-refractivity contribution in [2.24, 2.45) is 0 Å². The van der Waals surface area contributed by atoms with E-state index in [1.165, 1.54) is 22.4 Å². The van der Waals surface area contributed by atoms with Gasteiger partial charge in [0, 0.05) is 31.5 Å². The molecule has 0 saturated carbocycles. The average Bonchev–Trinajstić information content (AvgIpc) is 2.80. The van der Waals surface area contributed by atoms with Gasteiger partial charge in [0.15, 0.2) is 0 Å². The van der Waals surface area contributed by atoms with Crippen LogP contribution in [0.15, 0.2) is 36.5 Å². The molecule has 0 saturated heterocycles. The molecule has 1 aliphatic rings. The van der Waals surface area contributed by atoms with Crippen LogP contribution in [-0.2, 0) is 26.1 Å². The summed E-state index contributed by atoms with van der Waals surface area (Å²) >= 11 is 0. The lowest BCUT2D eigenvalue weighted by atomic mass is 10.1. The highest BCUT2D eigenvalue weighted by Crippen LogP contribution is 2.26. The fourth-order valence-corrected chi connectivity index (χ4v) is 2.74. The van der Waals surface area contributed by atoms with E-state index in [1.54, 1.807) is 0 Å². The summed E-state index contributed by atoms with van der Waals surface area (Å²) < 4.78 is 0. The van der Waals surface area contributed by atoms with Crippen molar-refractivity contribution < 1.29 is 0 Å². The highest BCUT2D eigenvalue weighted by molar-refractivity contribution is 5.46. The third kappa shape index (κ3) is 2.47. The summed E-state index contributed by atoms with van der Waals surface area (Å²) in [4.78, 5) is 6.95. The van der Waals surface area contributed by atoms with Crippen molar-refractivity contribution in [1.82, 2.24) is 9.88 Å². The SMILES string of the molecule is CCc1cccnc1CN1Cc2ccc(N)cc2C1. The molecule has 2 aromatic rings. The molecule has 0 unspecified atom stereocenters. The van der Waals surface area contributed by atoms with Gasteiger partial charge in [-0.2, -0.15) is 0 Å². The lowest BCUT2D eigenvalue weighted by molar-refractivity contribution is 0.271. The van der Waals surface area contributed by atoms with E-state index in [4.69, 9.17) is 5.73 Å². The second-order valence-corrected chi connectivity index (χ2v) is 5.14. The zero-order valence-electron chi connectivity index (χ0n) is 11.3. The fourth-order valence-electron chi connectivity index (χ4n) is 2.74. The first-order valence-electron chi connectivity index (χ1n) is 6.78. The predicted molar refractivity (Wildman–Crippen MR) is 77.4 cm³/mol. The van der Waals surface area contributed by atoms with E-state index in [0.29, 0.717) is 0 Å². The van der Waals surface area contributed by atoms with Crippen LogP contribution in [-0.4, -0.2) is 9.88 Å². The fraction of sp³-hybridized carbons (Fsp3) is 0.312. The molecule has 3 heteroatoms. The summed E-state index contributed by atoms with van der Waals surface area (Å²) in [7, 11) is 0. The van der Waals surface area contributed by atoms with Crippen molar-refractivity contribution in [3.63, 3.8) is 0 Å². The quantitative estimate of drug-likeness (QED) is 0.855. The summed E-state index contributed by atoms with van der Waals surface area (Å²) in [5.41, 5.74) is 12.0. The average molecular weight is 253 g/mol. The Hall–Kier alpha value is -1.87. The molecule has 0 atom stereocenters. The van der Waals surface area contributed by atoms with E-state index in [9.17, 15) is 0 Å². The van der Waals surface area contributed by atoms with Crippen LogP contribution in [0.5, 0.6) is 0 Å². The lowest BCUT2D eigenvalue weighted by Crippen LogP contribution is -2.17. The molecule has 2 N–H and O–H groups in total. The number of hydrogen-bond acceptors (Lipinski definition) is 3. The summed E-state index contributed by atoms with van der Waals surface area (Å²) in [6.45, 7) is 5.06. The minimum atomic E-state index is 0.854. The van der Waals surface area contributed by atoms with Crippen molar-refractivity contribution in [2.45, 2.75) is 33.0 Å². The number of nitrogens with zero attached hydrogens (tertiary/aromatic N) is 2. The Balaban J connectivity index is 1.77. The van der Waals surface area contributed by atoms with Crippen LogP contribution in [0.1, 0.15) is 29.3 Å². The standard InChI is InChI=1S/C16H19N3/c1-2-12-4-3-7-18-16(12)11-19-9-13-5-6-15(17)8-14(13)10-19/h3-8H,2,9-11,17H2,1H3. The third-order valence-corrected chi connectivity index (χ3v) is 3.76. The molecule has 0 bridgehead atoms. The molecule has 19 heavy (non-hydrogen) atoms. The topological polar surface area (TPSA) is 42.2 Å². The van der Waals surface area contributed by atoms with E-state index < -0.39 is 0 Å². The summed E-state index contributed by atoms with van der Waals surface area (Å²) in [6.07, 6.45) is 2.92. The van der Waals surface area contributed by atoms with Gasteiger partial charge in [0.2, 0.25) is 0 Å². The number of pyridine rings is 1. The molecular weight excluding hydrogens is 234 g/mol. The number of fused-ring (bicyclic) bond motifs is 1. The molecule has 1 aromatic carbocycles. The molecule has 2 heterocycles. The number of aromatic nitrogens is 1. The van der Waals surface area contributed by atoms with Gasteiger partial charge in [-0.05, 0) is 41.3 Å². The van der Waals surface area contributed by atoms with E-state index in [1.807, 2.05) is 18.3 Å². The van der Waals surface area contributed by atoms with Crippen molar-refractivity contribution in [3.8, 4) is 0 Å². The van der Waals surface area contributed by atoms with Gasteiger partial charge in [-0.15, -0.1) is 0 Å². The van der Waals surface area contributed by atoms with Crippen LogP contribution < -0.4 is 5.73 Å². The first kappa shape index (κ1) is 12.2. The zero-order valence-corrected chi connectivity index (χ0v) is 11.3. The maximum Gasteiger partial charge on any atom is 0.0575 e. The highest BCUT2D eigenvalue weighted by Gasteiger charge is 2.19. The molecule has 1 aromatic heterocycles. The van der Waals surface area contributed by atoms with E-state index in [0.717, 1.165) is 31.7 Å². The van der Waals surface area contributed by atoms with Gasteiger partial charge in [0.05, 0.1) is 5.69 Å². The van der Waals surface area contributed by atoms with Gasteiger partial charge in [0.25, 0.3) is 0 Å². The first-order chi connectivity index (χ1) is 9.26. The van der Waals surface area contributed by atoms with Crippen molar-refractivity contribution in [3.05, 3.63) is 58.9 Å². The van der Waals surface area contributed by atoms with Crippen LogP contribution in [0, 0.1) is 0 Å². The molecule has 1 aliphatic heterocycles. The highest BCUT2D eigenvalue weighted by atomic mass is 15.1. The number of benzene rings is 1. The van der Waals surface area contributed by atoms with Gasteiger partial charge < -0.3 is 5.73 Å². The number of nitrogens with two attached hydrogens (primary N) is 1. The smallest absolute Gasteiger partial charge is 0.0575 e. The molecule has 0 fully saturated rings. The normalized spacial score (nSPS) is 14.6. The van der Waals surface area contributed by atoms with Gasteiger partial charge >= 0.3 is 0 Å². The largest absolute Gasteiger partial charge is 0.399 e. The Labute approximate surface area is 114 Å². The maximum atomic E-state index is 5.84. The Morgan fingerprint density at radius 3 is 2.89 bits per heavy atom. The van der Waals surface area contributed by atoms with Gasteiger partial charge in [0.1, 0.15) is 0 Å². The summed E-state index contributed by atoms with van der Waals surface area (Å²) in [5.74, 6) is 0. The number of hydrogen-bond donors (Lipinski definition) is 1. The second-order valence-electron chi connectivity index (χ2n) is 5.14. The Morgan fingerprint density at radius 2 is 2.05 bits per heavy atom. The lowest BCUT2D eigenvalue weighted by Gasteiger charge is -2.16. The first-order valence-corrected chi connectivity index (χ1v) is 6.78. The minimum Gasteiger partial charge on any atom is -0.399 e. The third-order valence-electron chi connectivity index (χ3n) is 3.76. The van der Waals surface area contributed by atoms with Gasteiger partial charge in [-0.25, -0.2) is 0 Å². The van der Waals surface area contributed by atoms with Gasteiger partial charge in [-0.3, -0.25) is 9.88 Å². The molecule has 0 aliphatic carbocycles. The number of aryl methyl sites for hydroxylation is 1. The molecule has 3 nitrogen and oxygen atoms in total. The Morgan fingerprint density at radius 1 is 1.21 bits per heavy atom. The van der Waals surface area contributed by atoms with Gasteiger partial charge in [-0.1, -0.05) is 19.1 Å². The number of nitrogen functional groups attached to an aromatic ring is 1. The van der Waals surface area contributed by atoms with Crippen molar-refractivity contribution in [1.29, 1.82) is 0 Å².